The number of hydrogen-bond donors (Lipinski definition) is 1. The van der Waals surface area contributed by atoms with Crippen molar-refractivity contribution < 1.29 is 14.6 Å². The highest BCUT2D eigenvalue weighted by molar-refractivity contribution is 5.97. The Balaban J connectivity index is 1.32. The number of aryl methyl sites for hydroxylation is 3. The van der Waals surface area contributed by atoms with Gasteiger partial charge in [-0.15, -0.1) is 0 Å². The molecule has 1 aromatic heterocycles. The molecule has 1 N–H and O–H groups in total. The number of phenolic OH excluding ortho intramolecular Hbond substituents is 1. The molecule has 210 valence electrons. The smallest absolute Gasteiger partial charge is 0.219 e. The Hall–Kier alpha value is -4.64. The fourth-order valence-electron chi connectivity index (χ4n) is 6.73. The van der Waals surface area contributed by atoms with Gasteiger partial charge in [-0.3, -0.25) is 0 Å². The molecule has 1 aliphatic heterocycles. The molecule has 4 aromatic carbocycles. The molecular formula is C37H34N2O3. The summed E-state index contributed by atoms with van der Waals surface area (Å²) in [7, 11) is 0. The summed E-state index contributed by atoms with van der Waals surface area (Å²) in [6.07, 6.45) is 0.813. The van der Waals surface area contributed by atoms with Gasteiger partial charge in [0.1, 0.15) is 23.1 Å². The predicted molar refractivity (Wildman–Crippen MR) is 168 cm³/mol. The summed E-state index contributed by atoms with van der Waals surface area (Å²) in [4.78, 5) is 9.80. The molecular weight excluding hydrogens is 520 g/mol. The molecule has 7 rings (SSSR count). The van der Waals surface area contributed by atoms with Crippen LogP contribution in [0.25, 0.3) is 22.0 Å². The Kier molecular flexibility index (Phi) is 6.09. The van der Waals surface area contributed by atoms with E-state index in [0.717, 1.165) is 34.1 Å². The first kappa shape index (κ1) is 26.3. The number of nitrogens with zero attached hydrogens (tertiary/aromatic N) is 2. The van der Waals surface area contributed by atoms with Gasteiger partial charge in [0, 0.05) is 17.0 Å². The maximum absolute atomic E-state index is 10.5. The quantitative estimate of drug-likeness (QED) is 0.241. The van der Waals surface area contributed by atoms with Crippen molar-refractivity contribution in [2.45, 2.75) is 58.6 Å². The van der Waals surface area contributed by atoms with Crippen molar-refractivity contribution in [3.63, 3.8) is 0 Å². The summed E-state index contributed by atoms with van der Waals surface area (Å²) in [6, 6.07) is 28.6. The SMILES string of the molecule is Cc1cc(O)c2nc(Oc3cc(C4=N[C@H]5CC(C)(C)c6ccccc6[C@H]5O4)cc(-c4c(C)cccc4C)c3)ccc2c1. The number of aromatic nitrogens is 1. The monoisotopic (exact) mass is 554 g/mol. The van der Waals surface area contributed by atoms with Crippen molar-refractivity contribution in [3.05, 3.63) is 118 Å². The maximum atomic E-state index is 10.5. The van der Waals surface area contributed by atoms with Gasteiger partial charge in [-0.25, -0.2) is 9.98 Å². The third-order valence-electron chi connectivity index (χ3n) is 8.62. The molecule has 2 heterocycles. The number of aromatic hydroxyl groups is 1. The van der Waals surface area contributed by atoms with Crippen molar-refractivity contribution in [1.29, 1.82) is 0 Å². The lowest BCUT2D eigenvalue weighted by Crippen LogP contribution is -2.33. The summed E-state index contributed by atoms with van der Waals surface area (Å²) >= 11 is 0. The third kappa shape index (κ3) is 4.50. The van der Waals surface area contributed by atoms with E-state index in [0.29, 0.717) is 23.0 Å². The first-order valence-corrected chi connectivity index (χ1v) is 14.5. The van der Waals surface area contributed by atoms with Crippen LogP contribution in [-0.4, -0.2) is 22.0 Å². The van der Waals surface area contributed by atoms with Gasteiger partial charge >= 0.3 is 0 Å². The number of phenols is 1. The molecule has 0 bridgehead atoms. The Bertz CT molecular complexity index is 1890. The van der Waals surface area contributed by atoms with Crippen LogP contribution in [0.2, 0.25) is 0 Å². The van der Waals surface area contributed by atoms with E-state index in [4.69, 9.17) is 14.5 Å². The summed E-state index contributed by atoms with van der Waals surface area (Å²) in [5.41, 5.74) is 9.47. The first-order valence-electron chi connectivity index (χ1n) is 14.5. The van der Waals surface area contributed by atoms with Crippen LogP contribution in [0, 0.1) is 20.8 Å². The van der Waals surface area contributed by atoms with Crippen LogP contribution in [0.1, 0.15) is 59.8 Å². The molecule has 5 aromatic rings. The minimum atomic E-state index is -0.106. The zero-order valence-corrected chi connectivity index (χ0v) is 24.6. The first-order chi connectivity index (χ1) is 20.2. The van der Waals surface area contributed by atoms with Crippen molar-refractivity contribution in [2.75, 3.05) is 0 Å². The maximum Gasteiger partial charge on any atom is 0.219 e. The third-order valence-corrected chi connectivity index (χ3v) is 8.62. The molecule has 1 aliphatic carbocycles. The van der Waals surface area contributed by atoms with Crippen LogP contribution in [0.15, 0.2) is 89.9 Å². The van der Waals surface area contributed by atoms with Crippen LogP contribution in [0.3, 0.4) is 0 Å². The van der Waals surface area contributed by atoms with E-state index in [2.05, 4.69) is 81.2 Å². The normalized spacial score (nSPS) is 18.6. The van der Waals surface area contributed by atoms with E-state index in [1.807, 2.05) is 37.3 Å². The lowest BCUT2D eigenvalue weighted by Gasteiger charge is -2.37. The molecule has 0 saturated carbocycles. The van der Waals surface area contributed by atoms with Gasteiger partial charge in [0.25, 0.3) is 0 Å². The molecule has 5 nitrogen and oxygen atoms in total. The van der Waals surface area contributed by atoms with Gasteiger partial charge in [-0.2, -0.15) is 0 Å². The number of pyridine rings is 1. The Morgan fingerprint density at radius 1 is 0.857 bits per heavy atom. The van der Waals surface area contributed by atoms with E-state index in [1.54, 1.807) is 6.07 Å². The fraction of sp³-hybridized carbons (Fsp3) is 0.243. The van der Waals surface area contributed by atoms with Crippen LogP contribution < -0.4 is 4.74 Å². The second-order valence-electron chi connectivity index (χ2n) is 12.3. The summed E-state index contributed by atoms with van der Waals surface area (Å²) in [5.74, 6) is 1.81. The summed E-state index contributed by atoms with van der Waals surface area (Å²) < 4.78 is 13.0. The number of benzene rings is 4. The van der Waals surface area contributed by atoms with Gasteiger partial charge in [0.05, 0.1) is 6.04 Å². The Labute approximate surface area is 246 Å². The largest absolute Gasteiger partial charge is 0.506 e. The molecule has 42 heavy (non-hydrogen) atoms. The molecule has 2 aliphatic rings. The minimum Gasteiger partial charge on any atom is -0.506 e. The van der Waals surface area contributed by atoms with Crippen molar-refractivity contribution >= 4 is 16.8 Å². The zero-order valence-electron chi connectivity index (χ0n) is 24.6. The second kappa shape index (κ2) is 9.73. The van der Waals surface area contributed by atoms with Crippen molar-refractivity contribution in [3.8, 4) is 28.5 Å². The van der Waals surface area contributed by atoms with Gasteiger partial charge in [-0.05, 0) is 108 Å². The summed E-state index contributed by atoms with van der Waals surface area (Å²) in [5, 5.41) is 11.4. The zero-order chi connectivity index (χ0) is 29.2. The highest BCUT2D eigenvalue weighted by atomic mass is 16.5. The lowest BCUT2D eigenvalue weighted by molar-refractivity contribution is 0.162. The lowest BCUT2D eigenvalue weighted by atomic mass is 9.70. The van der Waals surface area contributed by atoms with E-state index >= 15 is 0 Å². The van der Waals surface area contributed by atoms with Crippen LogP contribution in [-0.2, 0) is 10.2 Å². The number of hydrogen-bond acceptors (Lipinski definition) is 5. The highest BCUT2D eigenvalue weighted by Gasteiger charge is 2.44. The number of rotatable bonds is 4. The highest BCUT2D eigenvalue weighted by Crippen LogP contribution is 2.47. The van der Waals surface area contributed by atoms with E-state index in [1.165, 1.54) is 22.3 Å². The molecule has 0 amide bonds. The average molecular weight is 555 g/mol. The Morgan fingerprint density at radius 3 is 2.43 bits per heavy atom. The van der Waals surface area contributed by atoms with E-state index < -0.39 is 0 Å². The van der Waals surface area contributed by atoms with E-state index in [-0.39, 0.29) is 23.3 Å². The fourth-order valence-corrected chi connectivity index (χ4v) is 6.73. The topological polar surface area (TPSA) is 63.9 Å². The molecule has 0 saturated heterocycles. The van der Waals surface area contributed by atoms with Crippen LogP contribution in [0.5, 0.6) is 17.4 Å². The van der Waals surface area contributed by atoms with Gasteiger partial charge < -0.3 is 14.6 Å². The van der Waals surface area contributed by atoms with Gasteiger partial charge in [-0.1, -0.05) is 56.3 Å². The molecule has 0 radical (unpaired) electrons. The standard InChI is InChI=1S/C37H34N2O3/c1-21-15-24-13-14-32(39-34(24)31(40)16-21)41-27-18-25(33-22(2)9-8-10-23(33)3)17-26(19-27)36-38-30-20-37(4,5)29-12-7-6-11-28(29)35(30)42-36/h6-19,30,35,40H,20H2,1-5H3/t30-,35+/m0/s1. The predicted octanol–water partition coefficient (Wildman–Crippen LogP) is 8.89. The number of aliphatic imine (C=N–C) groups is 1. The van der Waals surface area contributed by atoms with Gasteiger partial charge in [0.15, 0.2) is 0 Å². The number of fused-ring (bicyclic) bond motifs is 4. The van der Waals surface area contributed by atoms with E-state index in [9.17, 15) is 5.11 Å². The van der Waals surface area contributed by atoms with Crippen LogP contribution in [0.4, 0.5) is 0 Å². The molecule has 5 heteroatoms. The van der Waals surface area contributed by atoms with Crippen molar-refractivity contribution in [2.24, 2.45) is 4.99 Å². The number of ether oxygens (including phenoxy) is 2. The summed E-state index contributed by atoms with van der Waals surface area (Å²) in [6.45, 7) is 10.8. The molecule has 0 spiro atoms. The van der Waals surface area contributed by atoms with Crippen LogP contribution >= 0.6 is 0 Å². The second-order valence-corrected chi connectivity index (χ2v) is 12.3. The Morgan fingerprint density at radius 2 is 1.62 bits per heavy atom. The average Bonchev–Trinajstić information content (AvgIpc) is 3.37. The molecule has 0 fully saturated rings. The van der Waals surface area contributed by atoms with Crippen molar-refractivity contribution in [1.82, 2.24) is 4.98 Å². The van der Waals surface area contributed by atoms with Gasteiger partial charge in [0.2, 0.25) is 11.8 Å². The molecule has 2 atom stereocenters. The molecule has 0 unspecified atom stereocenters. The minimum absolute atomic E-state index is 0.0142.